The van der Waals surface area contributed by atoms with Crippen LogP contribution in [0.2, 0.25) is 0 Å². The molecule has 122 valence electrons. The van der Waals surface area contributed by atoms with Gasteiger partial charge in [-0.05, 0) is 18.4 Å². The Labute approximate surface area is 135 Å². The molecule has 0 spiro atoms. The molecule has 2 rings (SSSR count). The second kappa shape index (κ2) is 8.18. The molecule has 0 aromatic heterocycles. The van der Waals surface area contributed by atoms with E-state index in [-0.39, 0.29) is 18.4 Å². The zero-order valence-corrected chi connectivity index (χ0v) is 12.8. The van der Waals surface area contributed by atoms with Gasteiger partial charge in [0.1, 0.15) is 12.6 Å². The van der Waals surface area contributed by atoms with Gasteiger partial charge in [-0.15, -0.1) is 0 Å². The van der Waals surface area contributed by atoms with Crippen LogP contribution in [-0.2, 0) is 16.1 Å². The maximum Gasteiger partial charge on any atom is 0.408 e. The molecule has 1 fully saturated rings. The maximum atomic E-state index is 11.9. The fourth-order valence-corrected chi connectivity index (χ4v) is 2.96. The van der Waals surface area contributed by atoms with E-state index in [4.69, 9.17) is 4.74 Å². The van der Waals surface area contributed by atoms with E-state index in [0.29, 0.717) is 12.8 Å². The molecular formula is C17H20N2O4. The Morgan fingerprint density at radius 3 is 2.65 bits per heavy atom. The van der Waals surface area contributed by atoms with Crippen LogP contribution < -0.4 is 5.32 Å². The third-order valence-corrected chi connectivity index (χ3v) is 4.17. The van der Waals surface area contributed by atoms with E-state index in [9.17, 15) is 20.0 Å². The fraction of sp³-hybridized carbons (Fsp3) is 0.471. The van der Waals surface area contributed by atoms with E-state index in [2.05, 4.69) is 11.4 Å². The standard InChI is InChI=1S/C17H20N2O4/c18-10-13-8-4-5-9-14(13)15(16(20)21)19-17(22)23-11-12-6-2-1-3-7-12/h1-3,6-7,13-15H,4-5,8-9,11H2,(H,19,22)(H,20,21). The van der Waals surface area contributed by atoms with Crippen molar-refractivity contribution in [3.63, 3.8) is 0 Å². The van der Waals surface area contributed by atoms with Crippen LogP contribution in [0.15, 0.2) is 30.3 Å². The molecule has 1 aliphatic rings. The quantitative estimate of drug-likeness (QED) is 0.870. The molecular weight excluding hydrogens is 296 g/mol. The average molecular weight is 316 g/mol. The highest BCUT2D eigenvalue weighted by molar-refractivity contribution is 5.80. The normalized spacial score (nSPS) is 21.7. The number of nitrogens with one attached hydrogen (secondary N) is 1. The maximum absolute atomic E-state index is 11.9. The van der Waals surface area contributed by atoms with Crippen molar-refractivity contribution in [2.75, 3.05) is 0 Å². The summed E-state index contributed by atoms with van der Waals surface area (Å²) in [4.78, 5) is 23.4. The van der Waals surface area contributed by atoms with Crippen LogP contribution in [0.4, 0.5) is 4.79 Å². The first kappa shape index (κ1) is 16.8. The first-order valence-electron chi connectivity index (χ1n) is 7.71. The molecule has 0 radical (unpaired) electrons. The molecule has 3 atom stereocenters. The molecule has 0 saturated heterocycles. The number of carbonyl (C=O) groups excluding carboxylic acids is 1. The first-order valence-corrected chi connectivity index (χ1v) is 7.71. The molecule has 3 unspecified atom stereocenters. The van der Waals surface area contributed by atoms with Crippen molar-refractivity contribution in [2.24, 2.45) is 11.8 Å². The van der Waals surface area contributed by atoms with Crippen molar-refractivity contribution < 1.29 is 19.4 Å². The van der Waals surface area contributed by atoms with Crippen molar-refractivity contribution in [1.82, 2.24) is 5.32 Å². The molecule has 1 aliphatic carbocycles. The van der Waals surface area contributed by atoms with Gasteiger partial charge in [0, 0.05) is 5.92 Å². The number of alkyl carbamates (subject to hydrolysis) is 1. The lowest BCUT2D eigenvalue weighted by molar-refractivity contribution is -0.141. The Morgan fingerprint density at radius 1 is 1.30 bits per heavy atom. The summed E-state index contributed by atoms with van der Waals surface area (Å²) in [5.74, 6) is -1.86. The number of aliphatic carboxylic acids is 1. The number of nitriles is 1. The molecule has 6 nitrogen and oxygen atoms in total. The highest BCUT2D eigenvalue weighted by Gasteiger charge is 2.37. The molecule has 0 heterocycles. The third-order valence-electron chi connectivity index (χ3n) is 4.17. The van der Waals surface area contributed by atoms with Crippen LogP contribution in [0.1, 0.15) is 31.2 Å². The summed E-state index contributed by atoms with van der Waals surface area (Å²) in [6, 6.07) is 10.2. The summed E-state index contributed by atoms with van der Waals surface area (Å²) in [5, 5.41) is 21.0. The lowest BCUT2D eigenvalue weighted by atomic mass is 9.76. The number of ether oxygens (including phenoxy) is 1. The molecule has 1 saturated carbocycles. The Bertz CT molecular complexity index is 582. The number of rotatable bonds is 5. The molecule has 0 aliphatic heterocycles. The Hall–Kier alpha value is -2.55. The topological polar surface area (TPSA) is 99.4 Å². The number of amides is 1. The van der Waals surface area contributed by atoms with E-state index in [1.165, 1.54) is 0 Å². The van der Waals surface area contributed by atoms with Gasteiger partial charge < -0.3 is 15.2 Å². The van der Waals surface area contributed by atoms with Gasteiger partial charge in [-0.25, -0.2) is 9.59 Å². The van der Waals surface area contributed by atoms with Crippen molar-refractivity contribution in [3.05, 3.63) is 35.9 Å². The van der Waals surface area contributed by atoms with Gasteiger partial charge >= 0.3 is 12.1 Å². The van der Waals surface area contributed by atoms with E-state index in [1.807, 2.05) is 30.3 Å². The number of nitrogens with zero attached hydrogens (tertiary/aromatic N) is 1. The molecule has 23 heavy (non-hydrogen) atoms. The zero-order valence-electron chi connectivity index (χ0n) is 12.8. The molecule has 1 aromatic carbocycles. The summed E-state index contributed by atoms with van der Waals surface area (Å²) < 4.78 is 5.07. The largest absolute Gasteiger partial charge is 0.480 e. The lowest BCUT2D eigenvalue weighted by Gasteiger charge is -2.31. The van der Waals surface area contributed by atoms with Gasteiger partial charge in [0.25, 0.3) is 0 Å². The Balaban J connectivity index is 1.94. The molecule has 2 N–H and O–H groups in total. The predicted octanol–water partition coefficient (Wildman–Crippen LogP) is 2.70. The van der Waals surface area contributed by atoms with Gasteiger partial charge in [-0.2, -0.15) is 5.26 Å². The van der Waals surface area contributed by atoms with Gasteiger partial charge in [0.2, 0.25) is 0 Å². The smallest absolute Gasteiger partial charge is 0.408 e. The second-order valence-corrected chi connectivity index (χ2v) is 5.71. The summed E-state index contributed by atoms with van der Waals surface area (Å²) >= 11 is 0. The Morgan fingerprint density at radius 2 is 2.00 bits per heavy atom. The summed E-state index contributed by atoms with van der Waals surface area (Å²) in [6.07, 6.45) is 2.30. The van der Waals surface area contributed by atoms with Crippen LogP contribution in [-0.4, -0.2) is 23.2 Å². The van der Waals surface area contributed by atoms with Crippen molar-refractivity contribution in [2.45, 2.75) is 38.3 Å². The second-order valence-electron chi connectivity index (χ2n) is 5.71. The number of carbonyl (C=O) groups is 2. The van der Waals surface area contributed by atoms with Crippen molar-refractivity contribution in [3.8, 4) is 6.07 Å². The minimum absolute atomic E-state index is 0.0748. The minimum Gasteiger partial charge on any atom is -0.480 e. The monoisotopic (exact) mass is 316 g/mol. The van der Waals surface area contributed by atoms with E-state index in [0.717, 1.165) is 18.4 Å². The Kier molecular flexibility index (Phi) is 5.98. The highest BCUT2D eigenvalue weighted by atomic mass is 16.5. The van der Waals surface area contributed by atoms with Crippen molar-refractivity contribution >= 4 is 12.1 Å². The van der Waals surface area contributed by atoms with Crippen molar-refractivity contribution in [1.29, 1.82) is 5.26 Å². The highest BCUT2D eigenvalue weighted by Crippen LogP contribution is 2.32. The number of benzene rings is 1. The molecule has 1 aromatic rings. The summed E-state index contributed by atoms with van der Waals surface area (Å²) in [6.45, 7) is 0.0748. The molecule has 1 amide bonds. The first-order chi connectivity index (χ1) is 11.1. The SMILES string of the molecule is N#CC1CCCCC1C(NC(=O)OCc1ccccc1)C(=O)O. The lowest BCUT2D eigenvalue weighted by Crippen LogP contribution is -2.49. The van der Waals surface area contributed by atoms with Gasteiger partial charge in [-0.3, -0.25) is 0 Å². The van der Waals surface area contributed by atoms with Crippen LogP contribution in [0.5, 0.6) is 0 Å². The van der Waals surface area contributed by atoms with E-state index in [1.54, 1.807) is 0 Å². The number of carboxylic acids is 1. The van der Waals surface area contributed by atoms with Crippen LogP contribution >= 0.6 is 0 Å². The van der Waals surface area contributed by atoms with E-state index < -0.39 is 18.1 Å². The van der Waals surface area contributed by atoms with E-state index >= 15 is 0 Å². The third kappa shape index (κ3) is 4.71. The molecule has 6 heteroatoms. The number of carboxylic acid groups (broad SMARTS) is 1. The zero-order chi connectivity index (χ0) is 16.7. The average Bonchev–Trinajstić information content (AvgIpc) is 2.58. The number of hydrogen-bond acceptors (Lipinski definition) is 4. The fourth-order valence-electron chi connectivity index (χ4n) is 2.96. The predicted molar refractivity (Wildman–Crippen MR) is 82.2 cm³/mol. The van der Waals surface area contributed by atoms with Gasteiger partial charge in [0.05, 0.1) is 12.0 Å². The van der Waals surface area contributed by atoms with Gasteiger partial charge in [-0.1, -0.05) is 43.2 Å². The van der Waals surface area contributed by atoms with Crippen LogP contribution in [0.3, 0.4) is 0 Å². The number of hydrogen-bond donors (Lipinski definition) is 2. The minimum atomic E-state index is -1.13. The summed E-state index contributed by atoms with van der Waals surface area (Å²) in [7, 11) is 0. The van der Waals surface area contributed by atoms with Gasteiger partial charge in [0.15, 0.2) is 0 Å². The van der Waals surface area contributed by atoms with Crippen LogP contribution in [0.25, 0.3) is 0 Å². The molecule has 0 bridgehead atoms. The van der Waals surface area contributed by atoms with Crippen LogP contribution in [0, 0.1) is 23.2 Å². The summed E-state index contributed by atoms with van der Waals surface area (Å²) in [5.41, 5.74) is 0.821.